The van der Waals surface area contributed by atoms with Crippen molar-refractivity contribution in [3.05, 3.63) is 24.3 Å². The molecule has 0 heterocycles. The van der Waals surface area contributed by atoms with Crippen molar-refractivity contribution in [2.75, 3.05) is 5.32 Å². The van der Waals surface area contributed by atoms with Crippen molar-refractivity contribution in [1.82, 2.24) is 5.32 Å². The van der Waals surface area contributed by atoms with Crippen molar-refractivity contribution in [2.45, 2.75) is 49.3 Å². The van der Waals surface area contributed by atoms with Crippen LogP contribution in [-0.2, 0) is 9.59 Å². The molecule has 2 amide bonds. The Morgan fingerprint density at radius 3 is 2.30 bits per heavy atom. The van der Waals surface area contributed by atoms with E-state index in [0.717, 1.165) is 25.7 Å². The average molecular weight is 342 g/mol. The number of thioether (sulfide) groups is 1. The first-order valence-corrected chi connectivity index (χ1v) is 8.46. The number of amides is 2. The van der Waals surface area contributed by atoms with E-state index in [1.807, 2.05) is 0 Å². The van der Waals surface area contributed by atoms with Gasteiger partial charge in [0.25, 0.3) is 5.76 Å². The summed E-state index contributed by atoms with van der Waals surface area (Å²) < 4.78 is 24.6. The number of carbonyl (C=O) groups is 2. The molecule has 2 rings (SSSR count). The minimum atomic E-state index is -2.47. The molecule has 0 aromatic heterocycles. The van der Waals surface area contributed by atoms with Gasteiger partial charge in [0.1, 0.15) is 6.04 Å². The predicted molar refractivity (Wildman–Crippen MR) is 86.5 cm³/mol. The molecular formula is C16H20F2N2O2S. The fraction of sp³-hybridized carbons (Fsp3) is 0.500. The maximum atomic E-state index is 12.4. The Kier molecular flexibility index (Phi) is 6.38. The number of benzene rings is 1. The molecule has 2 N–H and O–H groups in total. The second-order valence-corrected chi connectivity index (χ2v) is 6.68. The number of hydrogen-bond donors (Lipinski definition) is 2. The van der Waals surface area contributed by atoms with Crippen LogP contribution in [-0.4, -0.2) is 23.6 Å². The van der Waals surface area contributed by atoms with E-state index < -0.39 is 11.8 Å². The summed E-state index contributed by atoms with van der Waals surface area (Å²) in [6, 6.07) is 5.69. The van der Waals surface area contributed by atoms with Gasteiger partial charge in [-0.25, -0.2) is 0 Å². The molecule has 1 atom stereocenters. The number of anilines is 1. The van der Waals surface area contributed by atoms with Gasteiger partial charge in [0.05, 0.1) is 0 Å². The van der Waals surface area contributed by atoms with Crippen LogP contribution in [0.1, 0.15) is 32.6 Å². The van der Waals surface area contributed by atoms with Crippen molar-refractivity contribution in [1.29, 1.82) is 0 Å². The minimum Gasteiger partial charge on any atom is -0.344 e. The predicted octanol–water partition coefficient (Wildman–Crippen LogP) is 3.63. The molecular weight excluding hydrogens is 322 g/mol. The van der Waals surface area contributed by atoms with E-state index in [2.05, 4.69) is 10.6 Å². The number of rotatable bonds is 6. The van der Waals surface area contributed by atoms with Crippen LogP contribution in [0.15, 0.2) is 29.2 Å². The Balaban J connectivity index is 2.00. The molecule has 1 fully saturated rings. The highest BCUT2D eigenvalue weighted by molar-refractivity contribution is 7.99. The van der Waals surface area contributed by atoms with E-state index in [1.165, 1.54) is 19.1 Å². The van der Waals surface area contributed by atoms with Gasteiger partial charge in [0.2, 0.25) is 11.8 Å². The smallest absolute Gasteiger partial charge is 0.288 e. The van der Waals surface area contributed by atoms with Crippen LogP contribution >= 0.6 is 11.8 Å². The second-order valence-electron chi connectivity index (χ2n) is 5.61. The summed E-state index contributed by atoms with van der Waals surface area (Å²) in [5.41, 5.74) is 0.530. The molecule has 0 spiro atoms. The van der Waals surface area contributed by atoms with Gasteiger partial charge in [-0.05, 0) is 43.0 Å². The Morgan fingerprint density at radius 2 is 1.78 bits per heavy atom. The SMILES string of the molecule is CC(=O)N[C@@H](C(=O)Nc1ccc(SC(F)F)cc1)C1CCCC1. The molecule has 1 aromatic carbocycles. The molecule has 1 saturated carbocycles. The number of halogens is 2. The Bertz CT molecular complexity index is 546. The molecule has 126 valence electrons. The Hall–Kier alpha value is -1.63. The molecule has 4 nitrogen and oxygen atoms in total. The maximum Gasteiger partial charge on any atom is 0.288 e. The van der Waals surface area contributed by atoms with Gasteiger partial charge in [-0.15, -0.1) is 0 Å². The van der Waals surface area contributed by atoms with E-state index in [4.69, 9.17) is 0 Å². The van der Waals surface area contributed by atoms with Gasteiger partial charge in [0.15, 0.2) is 0 Å². The minimum absolute atomic E-state index is 0.146. The second kappa shape index (κ2) is 8.29. The van der Waals surface area contributed by atoms with E-state index in [9.17, 15) is 18.4 Å². The lowest BCUT2D eigenvalue weighted by atomic mass is 9.97. The van der Waals surface area contributed by atoms with E-state index in [1.54, 1.807) is 12.1 Å². The molecule has 7 heteroatoms. The lowest BCUT2D eigenvalue weighted by Crippen LogP contribution is -2.47. The van der Waals surface area contributed by atoms with E-state index in [0.29, 0.717) is 22.3 Å². The lowest BCUT2D eigenvalue weighted by molar-refractivity contribution is -0.126. The van der Waals surface area contributed by atoms with Gasteiger partial charge < -0.3 is 10.6 Å². The summed E-state index contributed by atoms with van der Waals surface area (Å²) in [5.74, 6) is -2.82. The van der Waals surface area contributed by atoms with E-state index in [-0.39, 0.29) is 17.7 Å². The zero-order valence-corrected chi connectivity index (χ0v) is 13.7. The van der Waals surface area contributed by atoms with E-state index >= 15 is 0 Å². The molecule has 23 heavy (non-hydrogen) atoms. The van der Waals surface area contributed by atoms with Crippen molar-refractivity contribution in [2.24, 2.45) is 5.92 Å². The number of nitrogens with one attached hydrogen (secondary N) is 2. The van der Waals surface area contributed by atoms with Crippen LogP contribution in [0.2, 0.25) is 0 Å². The van der Waals surface area contributed by atoms with Crippen LogP contribution in [0.5, 0.6) is 0 Å². The largest absolute Gasteiger partial charge is 0.344 e. The number of alkyl halides is 2. The van der Waals surface area contributed by atoms with Crippen LogP contribution in [0.3, 0.4) is 0 Å². The molecule has 1 aromatic rings. The summed E-state index contributed by atoms with van der Waals surface area (Å²) in [6.45, 7) is 1.39. The van der Waals surface area contributed by atoms with Crippen molar-refractivity contribution in [3.8, 4) is 0 Å². The summed E-state index contributed by atoms with van der Waals surface area (Å²) >= 11 is 0.458. The third-order valence-corrected chi connectivity index (χ3v) is 4.58. The molecule has 0 saturated heterocycles. The van der Waals surface area contributed by atoms with Gasteiger partial charge in [0, 0.05) is 17.5 Å². The van der Waals surface area contributed by atoms with Crippen LogP contribution in [0, 0.1) is 5.92 Å². The first kappa shape index (κ1) is 17.7. The standard InChI is InChI=1S/C16H20F2N2O2S/c1-10(21)19-14(11-4-2-3-5-11)15(22)20-12-6-8-13(9-7-12)23-16(17)18/h6-9,11,14,16H,2-5H2,1H3,(H,19,21)(H,20,22)/t14-/m1/s1. The third kappa shape index (κ3) is 5.49. The molecule has 1 aliphatic carbocycles. The highest BCUT2D eigenvalue weighted by Crippen LogP contribution is 2.29. The molecule has 0 unspecified atom stereocenters. The quantitative estimate of drug-likeness (QED) is 0.776. The summed E-state index contributed by atoms with van der Waals surface area (Å²) in [4.78, 5) is 24.2. The van der Waals surface area contributed by atoms with Gasteiger partial charge in [-0.3, -0.25) is 9.59 Å². The van der Waals surface area contributed by atoms with Crippen molar-refractivity contribution in [3.63, 3.8) is 0 Å². The zero-order valence-electron chi connectivity index (χ0n) is 12.9. The van der Waals surface area contributed by atoms with Crippen LogP contribution in [0.4, 0.5) is 14.5 Å². The fourth-order valence-corrected chi connectivity index (χ4v) is 3.35. The molecule has 0 radical (unpaired) electrons. The first-order valence-electron chi connectivity index (χ1n) is 7.58. The summed E-state index contributed by atoms with van der Waals surface area (Å²) in [7, 11) is 0. The highest BCUT2D eigenvalue weighted by Gasteiger charge is 2.31. The number of hydrogen-bond acceptors (Lipinski definition) is 3. The maximum absolute atomic E-state index is 12.4. The Morgan fingerprint density at radius 1 is 1.17 bits per heavy atom. The summed E-state index contributed by atoms with van der Waals surface area (Å²) in [6.07, 6.45) is 3.96. The van der Waals surface area contributed by atoms with Gasteiger partial charge in [-0.2, -0.15) is 8.78 Å². The average Bonchev–Trinajstić information content (AvgIpc) is 3.00. The zero-order chi connectivity index (χ0) is 16.8. The lowest BCUT2D eigenvalue weighted by Gasteiger charge is -2.23. The van der Waals surface area contributed by atoms with Crippen LogP contribution in [0.25, 0.3) is 0 Å². The highest BCUT2D eigenvalue weighted by atomic mass is 32.2. The van der Waals surface area contributed by atoms with Crippen molar-refractivity contribution >= 4 is 29.3 Å². The fourth-order valence-electron chi connectivity index (χ4n) is 2.85. The molecule has 0 aliphatic heterocycles. The first-order chi connectivity index (χ1) is 11.0. The van der Waals surface area contributed by atoms with Gasteiger partial charge >= 0.3 is 0 Å². The van der Waals surface area contributed by atoms with Crippen molar-refractivity contribution < 1.29 is 18.4 Å². The van der Waals surface area contributed by atoms with Crippen LogP contribution < -0.4 is 10.6 Å². The monoisotopic (exact) mass is 342 g/mol. The van der Waals surface area contributed by atoms with Gasteiger partial charge in [-0.1, -0.05) is 24.6 Å². The third-order valence-electron chi connectivity index (χ3n) is 3.86. The Labute approximate surface area is 138 Å². The molecule has 1 aliphatic rings. The normalized spacial score (nSPS) is 16.3. The molecule has 0 bridgehead atoms. The summed E-state index contributed by atoms with van der Waals surface area (Å²) in [5, 5.41) is 5.48. The topological polar surface area (TPSA) is 58.2 Å². The number of carbonyl (C=O) groups excluding carboxylic acids is 2.